The molecule has 3 aliphatic rings. The number of thiol groups is 1. The largest absolute Gasteiger partial charge is 0.464 e. The van der Waals surface area contributed by atoms with E-state index in [4.69, 9.17) is 32.1 Å². The van der Waals surface area contributed by atoms with Gasteiger partial charge in [0.1, 0.15) is 16.6 Å². The van der Waals surface area contributed by atoms with Crippen LogP contribution in [-0.4, -0.2) is 79.0 Å². The van der Waals surface area contributed by atoms with Crippen LogP contribution in [0.25, 0.3) is 33.4 Å². The molecule has 4 aromatic rings. The molecular formula is C39H44N7O5S2Si. The molecule has 1 aromatic carbocycles. The number of hydrazine groups is 1. The number of nitrogens with one attached hydrogen (secondary N) is 2. The van der Waals surface area contributed by atoms with Crippen LogP contribution in [0.5, 0.6) is 0 Å². The smallest absolute Gasteiger partial charge is 0.324 e. The van der Waals surface area contributed by atoms with E-state index in [0.717, 1.165) is 39.0 Å². The summed E-state index contributed by atoms with van der Waals surface area (Å²) in [6.07, 6.45) is 4.62. The first kappa shape index (κ1) is 38.2. The van der Waals surface area contributed by atoms with Crippen molar-refractivity contribution in [2.45, 2.75) is 82.5 Å². The molecule has 3 radical (unpaired) electrons. The van der Waals surface area contributed by atoms with E-state index in [9.17, 15) is 19.6 Å². The number of esters is 1. The van der Waals surface area contributed by atoms with Crippen molar-refractivity contribution in [1.29, 1.82) is 5.26 Å². The van der Waals surface area contributed by atoms with E-state index >= 15 is 0 Å². The summed E-state index contributed by atoms with van der Waals surface area (Å²) < 4.78 is 14.0. The van der Waals surface area contributed by atoms with Crippen molar-refractivity contribution in [1.82, 2.24) is 30.3 Å². The van der Waals surface area contributed by atoms with Crippen molar-refractivity contribution in [2.24, 2.45) is 17.3 Å². The molecule has 281 valence electrons. The monoisotopic (exact) mass is 782 g/mol. The molecule has 5 atom stereocenters. The highest BCUT2D eigenvalue weighted by Gasteiger charge is 2.45. The van der Waals surface area contributed by atoms with Gasteiger partial charge in [-0.1, -0.05) is 19.9 Å². The van der Waals surface area contributed by atoms with Gasteiger partial charge in [-0.05, 0) is 68.9 Å². The fraction of sp³-hybridized carbons (Fsp3) is 0.487. The molecule has 15 heteroatoms. The van der Waals surface area contributed by atoms with Crippen molar-refractivity contribution in [2.75, 3.05) is 20.3 Å². The number of nitrogens with zero attached hydrogens (tertiary/aromatic N) is 5. The summed E-state index contributed by atoms with van der Waals surface area (Å²) in [5.41, 5.74) is 8.44. The Hall–Kier alpha value is -4.07. The minimum atomic E-state index is -1.59. The van der Waals surface area contributed by atoms with E-state index in [1.165, 1.54) is 16.3 Å². The number of carbonyl (C=O) groups is 3. The second-order valence-electron chi connectivity index (χ2n) is 15.2. The number of carbonyl (C=O) groups excluding carboxylic acids is 3. The Labute approximate surface area is 327 Å². The Morgan fingerprint density at radius 1 is 1.26 bits per heavy atom. The number of benzene rings is 1. The van der Waals surface area contributed by atoms with Gasteiger partial charge in [-0.25, -0.2) is 10.4 Å². The molecule has 1 saturated heterocycles. The predicted molar refractivity (Wildman–Crippen MR) is 209 cm³/mol. The Morgan fingerprint density at radius 2 is 2.07 bits per heavy atom. The maximum Gasteiger partial charge on any atom is 0.324 e. The molecule has 2 aliphatic heterocycles. The Bertz CT molecular complexity index is 2150. The van der Waals surface area contributed by atoms with Crippen LogP contribution in [0.4, 0.5) is 0 Å². The first-order valence-corrected chi connectivity index (χ1v) is 20.2. The molecule has 1 saturated carbocycles. The predicted octanol–water partition coefficient (Wildman–Crippen LogP) is 5.12. The quantitative estimate of drug-likeness (QED) is 0.105. The number of hydrogen-bond donors (Lipinski definition) is 3. The second kappa shape index (κ2) is 15.2. The maximum absolute atomic E-state index is 14.4. The Balaban J connectivity index is 1.36. The molecule has 5 heterocycles. The molecule has 6 bridgehead atoms. The SMILES string of the molecule is CCn1c(-c2cccnc2C(S)OC)c2c3cc(ccc31)-c1csc(n1)CC([Si])(NC(=O)C1CCC1C#N)C(=O)N1CCC[C@H](N1)C(=O)OCC(C)(C)C2. The van der Waals surface area contributed by atoms with Crippen molar-refractivity contribution < 1.29 is 23.9 Å². The van der Waals surface area contributed by atoms with E-state index in [1.54, 1.807) is 13.3 Å². The number of hydrogen-bond acceptors (Lipinski definition) is 11. The average Bonchev–Trinajstić information content (AvgIpc) is 3.73. The fourth-order valence-corrected chi connectivity index (χ4v) is 9.40. The van der Waals surface area contributed by atoms with Gasteiger partial charge in [0.15, 0.2) is 0 Å². The third kappa shape index (κ3) is 7.22. The standard InChI is InChI=1S/C39H44N7O5S2Si/c1-5-45-30-13-11-22-16-26(30)27(33(45)25-8-6-14-41-32(25)36(52)50-4)17-38(2,3)21-51-35(48)28-9-7-15-46(44-28)37(49)39(54,18-31-42-29(22)20-53-31)43-34(47)24-12-10-23(24)19-40/h6,8,11,13-14,16,20,23-24,28,36,44,52H,5,7,9-10,12,15,17-18,21H2,1-4H3,(H,43,47)/t23?,24?,28-,36?,39?/m0/s1. The van der Waals surface area contributed by atoms with E-state index in [2.05, 4.69) is 70.6 Å². The van der Waals surface area contributed by atoms with Gasteiger partial charge in [-0.15, -0.1) is 24.0 Å². The number of fused-ring (bicyclic) bond motifs is 6. The number of aryl methyl sites for hydroxylation is 1. The fourth-order valence-electron chi connectivity index (χ4n) is 7.75. The van der Waals surface area contributed by atoms with Crippen LogP contribution in [-0.2, 0) is 43.2 Å². The first-order chi connectivity index (χ1) is 25.9. The van der Waals surface area contributed by atoms with Gasteiger partial charge >= 0.3 is 5.97 Å². The highest BCUT2D eigenvalue weighted by Crippen LogP contribution is 2.42. The topological polar surface area (TPSA) is 151 Å². The van der Waals surface area contributed by atoms with Gasteiger partial charge in [0, 0.05) is 65.6 Å². The van der Waals surface area contributed by atoms with Crippen molar-refractivity contribution in [3.63, 3.8) is 0 Å². The van der Waals surface area contributed by atoms with E-state index in [1.807, 2.05) is 17.5 Å². The van der Waals surface area contributed by atoms with Crippen LogP contribution >= 0.6 is 24.0 Å². The zero-order valence-electron chi connectivity index (χ0n) is 30.8. The number of nitriles is 1. The van der Waals surface area contributed by atoms with Crippen molar-refractivity contribution in [3.8, 4) is 28.6 Å². The average molecular weight is 783 g/mol. The minimum Gasteiger partial charge on any atom is -0.464 e. The summed E-state index contributed by atoms with van der Waals surface area (Å²) in [5, 5.41) is 15.9. The van der Waals surface area contributed by atoms with Crippen LogP contribution in [0.2, 0.25) is 0 Å². The zero-order valence-corrected chi connectivity index (χ0v) is 33.6. The molecule has 3 aromatic heterocycles. The number of aromatic nitrogens is 3. The number of amides is 2. The second-order valence-corrected chi connectivity index (χ2v) is 17.4. The number of pyridine rings is 1. The zero-order chi connectivity index (χ0) is 38.4. The lowest BCUT2D eigenvalue weighted by Crippen LogP contribution is -2.67. The summed E-state index contributed by atoms with van der Waals surface area (Å²) in [5.74, 6) is -2.18. The van der Waals surface area contributed by atoms with Gasteiger partial charge in [-0.2, -0.15) is 5.26 Å². The number of cyclic esters (lactones) is 1. The molecule has 12 nitrogen and oxygen atoms in total. The molecule has 0 spiro atoms. The van der Waals surface area contributed by atoms with E-state index < -0.39 is 45.8 Å². The van der Waals surface area contributed by atoms with Gasteiger partial charge in [0.05, 0.1) is 56.8 Å². The number of ether oxygens (including phenoxy) is 2. The van der Waals surface area contributed by atoms with E-state index in [0.29, 0.717) is 55.9 Å². The highest BCUT2D eigenvalue weighted by atomic mass is 32.1. The van der Waals surface area contributed by atoms with Crippen LogP contribution in [0.1, 0.15) is 68.2 Å². The molecule has 2 fully saturated rings. The van der Waals surface area contributed by atoms with Crippen LogP contribution in [0.15, 0.2) is 41.9 Å². The third-order valence-corrected chi connectivity index (χ3v) is 12.6. The van der Waals surface area contributed by atoms with Crippen LogP contribution in [0.3, 0.4) is 0 Å². The molecule has 7 rings (SSSR count). The molecular weight excluding hydrogens is 739 g/mol. The number of methoxy groups -OCH3 is 1. The lowest BCUT2D eigenvalue weighted by Gasteiger charge is -2.40. The molecule has 2 N–H and O–H groups in total. The number of thiazole rings is 1. The van der Waals surface area contributed by atoms with Crippen molar-refractivity contribution in [3.05, 3.63) is 58.2 Å². The van der Waals surface area contributed by atoms with Gasteiger partial charge < -0.3 is 19.4 Å². The van der Waals surface area contributed by atoms with E-state index in [-0.39, 0.29) is 18.9 Å². The molecule has 2 amide bonds. The lowest BCUT2D eigenvalue weighted by molar-refractivity contribution is -0.156. The minimum absolute atomic E-state index is 0.0442. The van der Waals surface area contributed by atoms with Gasteiger partial charge in [0.2, 0.25) is 5.91 Å². The molecule has 4 unspecified atom stereocenters. The van der Waals surface area contributed by atoms with Gasteiger partial charge in [0.25, 0.3) is 5.91 Å². The summed E-state index contributed by atoms with van der Waals surface area (Å²) in [6.45, 7) is 7.44. The summed E-state index contributed by atoms with van der Waals surface area (Å²) >= 11 is 6.11. The Kier molecular flexibility index (Phi) is 10.8. The Morgan fingerprint density at radius 3 is 2.80 bits per heavy atom. The number of rotatable bonds is 6. The normalized spacial score (nSPS) is 24.9. The molecule has 54 heavy (non-hydrogen) atoms. The summed E-state index contributed by atoms with van der Waals surface area (Å²) in [6, 6.07) is 11.7. The first-order valence-electron chi connectivity index (χ1n) is 18.3. The van der Waals surface area contributed by atoms with Crippen LogP contribution in [0, 0.1) is 28.6 Å². The maximum atomic E-state index is 14.4. The molecule has 1 aliphatic carbocycles. The van der Waals surface area contributed by atoms with Crippen molar-refractivity contribution >= 4 is 62.9 Å². The highest BCUT2D eigenvalue weighted by molar-refractivity contribution is 7.80. The van der Waals surface area contributed by atoms with Gasteiger partial charge in [-0.3, -0.25) is 24.4 Å². The van der Waals surface area contributed by atoms with Crippen LogP contribution < -0.4 is 10.7 Å². The third-order valence-electron chi connectivity index (χ3n) is 10.8. The summed E-state index contributed by atoms with van der Waals surface area (Å²) in [4.78, 5) is 51.3. The lowest BCUT2D eigenvalue weighted by atomic mass is 9.74. The summed E-state index contributed by atoms with van der Waals surface area (Å²) in [7, 11) is 5.33.